The average molecular weight is 461 g/mol. The van der Waals surface area contributed by atoms with E-state index in [0.717, 1.165) is 25.7 Å². The summed E-state index contributed by atoms with van der Waals surface area (Å²) in [6.45, 7) is 22.2. The minimum absolute atomic E-state index is 0.0183. The van der Waals surface area contributed by atoms with Crippen molar-refractivity contribution in [3.63, 3.8) is 0 Å². The van der Waals surface area contributed by atoms with Gasteiger partial charge >= 0.3 is 0 Å². The van der Waals surface area contributed by atoms with Gasteiger partial charge in [0.15, 0.2) is 8.32 Å². The van der Waals surface area contributed by atoms with Crippen LogP contribution < -0.4 is 0 Å². The Kier molecular flexibility index (Phi) is 6.49. The van der Waals surface area contributed by atoms with E-state index in [-0.39, 0.29) is 23.4 Å². The van der Waals surface area contributed by atoms with E-state index in [0.29, 0.717) is 5.92 Å². The van der Waals surface area contributed by atoms with Crippen LogP contribution in [0.5, 0.6) is 0 Å². The molecule has 1 aromatic rings. The van der Waals surface area contributed by atoms with Crippen molar-refractivity contribution in [1.29, 1.82) is 0 Å². The first-order valence-electron chi connectivity index (χ1n) is 12.1. The van der Waals surface area contributed by atoms with Gasteiger partial charge in [0.25, 0.3) is 5.97 Å². The lowest BCUT2D eigenvalue weighted by Gasteiger charge is -2.56. The molecule has 0 N–H and O–H groups in total. The Morgan fingerprint density at radius 3 is 2.23 bits per heavy atom. The van der Waals surface area contributed by atoms with Crippen LogP contribution in [-0.2, 0) is 19.1 Å². The van der Waals surface area contributed by atoms with Crippen molar-refractivity contribution in [1.82, 2.24) is 0 Å². The monoisotopic (exact) mass is 460 g/mol. The molecule has 4 atom stereocenters. The van der Waals surface area contributed by atoms with Crippen molar-refractivity contribution in [2.75, 3.05) is 0 Å². The van der Waals surface area contributed by atoms with Gasteiger partial charge in [0.05, 0.1) is 11.5 Å². The van der Waals surface area contributed by atoms with E-state index < -0.39 is 22.0 Å². The third-order valence-corrected chi connectivity index (χ3v) is 9.24. The summed E-state index contributed by atoms with van der Waals surface area (Å²) in [6.07, 6.45) is 4.08. The van der Waals surface area contributed by atoms with Gasteiger partial charge in [-0.3, -0.25) is 4.79 Å². The van der Waals surface area contributed by atoms with Crippen LogP contribution in [-0.4, -0.2) is 22.6 Å². The summed E-state index contributed by atoms with van der Waals surface area (Å²) in [6, 6.07) is 7.06. The summed E-state index contributed by atoms with van der Waals surface area (Å²) < 4.78 is 12.9. The molecule has 0 spiro atoms. The van der Waals surface area contributed by atoms with E-state index in [1.165, 1.54) is 16.7 Å². The van der Waals surface area contributed by atoms with Crippen molar-refractivity contribution < 1.29 is 13.6 Å². The van der Waals surface area contributed by atoms with E-state index in [9.17, 15) is 4.79 Å². The molecule has 0 heterocycles. The maximum Gasteiger partial charge on any atom is 0.298 e. The molecular weight excluding hydrogens is 416 g/mol. The summed E-state index contributed by atoms with van der Waals surface area (Å²) >= 11 is 0. The average Bonchev–Trinajstić information content (AvgIpc) is 2.60. The summed E-state index contributed by atoms with van der Waals surface area (Å²) in [5.74, 6) is 0.750. The van der Waals surface area contributed by atoms with Gasteiger partial charge in [0.1, 0.15) is 0 Å². The van der Waals surface area contributed by atoms with Gasteiger partial charge in [-0.15, -0.1) is 0 Å². The van der Waals surface area contributed by atoms with Crippen LogP contribution in [0.25, 0.3) is 0 Å². The number of fused-ring (bicyclic) bond motifs is 3. The second-order valence-electron chi connectivity index (χ2n) is 12.7. The second kappa shape index (κ2) is 8.14. The lowest BCUT2D eigenvalue weighted by atomic mass is 9.49. The Hall–Kier alpha value is -0.916. The fourth-order valence-electron chi connectivity index (χ4n) is 5.96. The van der Waals surface area contributed by atoms with Crippen LogP contribution >= 0.6 is 0 Å². The van der Waals surface area contributed by atoms with Crippen molar-refractivity contribution in [3.05, 3.63) is 34.9 Å². The SMILES string of the molecule is CC(C)c1ccc2c(c1)C(O[Si](C)(C)C)CC1[C@](C)(C(=O)O[Si](C)(C)C)CCC[C@]21C. The molecule has 0 amide bonds. The second-order valence-corrected chi connectivity index (χ2v) is 21.6. The molecule has 0 saturated heterocycles. The predicted molar refractivity (Wildman–Crippen MR) is 135 cm³/mol. The van der Waals surface area contributed by atoms with Crippen molar-refractivity contribution in [2.45, 2.75) is 110 Å². The first-order chi connectivity index (χ1) is 14.1. The van der Waals surface area contributed by atoms with Gasteiger partial charge in [-0.2, -0.15) is 0 Å². The number of rotatable bonds is 5. The third kappa shape index (κ3) is 4.89. The highest BCUT2D eigenvalue weighted by Crippen LogP contribution is 2.60. The minimum Gasteiger partial charge on any atom is -0.519 e. The van der Waals surface area contributed by atoms with Gasteiger partial charge in [0.2, 0.25) is 8.32 Å². The van der Waals surface area contributed by atoms with E-state index in [2.05, 4.69) is 85.2 Å². The number of carbonyl (C=O) groups excluding carboxylic acids is 1. The molecule has 0 aromatic heterocycles. The zero-order valence-corrected chi connectivity index (χ0v) is 23.5. The number of hydrogen-bond acceptors (Lipinski definition) is 3. The van der Waals surface area contributed by atoms with Gasteiger partial charge in [-0.05, 0) is 99.4 Å². The van der Waals surface area contributed by atoms with Gasteiger partial charge in [-0.1, -0.05) is 45.4 Å². The number of hydrogen-bond donors (Lipinski definition) is 0. The maximum absolute atomic E-state index is 13.6. The molecule has 3 nitrogen and oxygen atoms in total. The zero-order chi connectivity index (χ0) is 23.4. The molecular formula is C26H44O3Si2. The molecule has 2 aliphatic rings. The van der Waals surface area contributed by atoms with Crippen LogP contribution in [0, 0.1) is 11.3 Å². The Morgan fingerprint density at radius 1 is 1.03 bits per heavy atom. The zero-order valence-electron chi connectivity index (χ0n) is 21.5. The van der Waals surface area contributed by atoms with Crippen LogP contribution in [0.1, 0.15) is 82.1 Å². The van der Waals surface area contributed by atoms with Crippen molar-refractivity contribution >= 4 is 22.6 Å². The van der Waals surface area contributed by atoms with E-state index >= 15 is 0 Å². The molecule has 5 heteroatoms. The lowest BCUT2D eigenvalue weighted by Crippen LogP contribution is -2.55. The third-order valence-electron chi connectivity index (χ3n) is 7.45. The Morgan fingerprint density at radius 2 is 1.68 bits per heavy atom. The predicted octanol–water partition coefficient (Wildman–Crippen LogP) is 7.55. The molecule has 1 aromatic carbocycles. The summed E-state index contributed by atoms with van der Waals surface area (Å²) in [7, 11) is -3.71. The molecule has 2 unspecified atom stereocenters. The highest BCUT2D eigenvalue weighted by Gasteiger charge is 2.58. The Labute approximate surface area is 192 Å². The normalized spacial score (nSPS) is 31.2. The fourth-order valence-corrected chi connectivity index (χ4v) is 7.83. The first kappa shape index (κ1) is 24.7. The summed E-state index contributed by atoms with van der Waals surface area (Å²) in [5, 5.41) is 0. The summed E-state index contributed by atoms with van der Waals surface area (Å²) in [5.41, 5.74) is 3.68. The standard InChI is InChI=1S/C26H44O3Si2/c1-18(2)19-12-13-21-20(16-19)22(28-30(5,6)7)17-23-25(21,3)14-11-15-26(23,4)24(27)29-31(8,9)10/h12-13,16,18,22-23H,11,14-15,17H2,1-10H3/t22?,23?,25-,26-/m1/s1. The lowest BCUT2D eigenvalue weighted by molar-refractivity contribution is -0.156. The van der Waals surface area contributed by atoms with Crippen molar-refractivity contribution in [2.24, 2.45) is 11.3 Å². The Bertz CT molecular complexity index is 836. The molecule has 174 valence electrons. The molecule has 0 aliphatic heterocycles. The highest BCUT2D eigenvalue weighted by molar-refractivity contribution is 6.71. The van der Waals surface area contributed by atoms with Crippen LogP contribution in [0.4, 0.5) is 0 Å². The van der Waals surface area contributed by atoms with E-state index in [1.54, 1.807) is 0 Å². The van der Waals surface area contributed by atoms with Crippen LogP contribution in [0.15, 0.2) is 18.2 Å². The quantitative estimate of drug-likeness (QED) is 0.425. The molecule has 0 radical (unpaired) electrons. The number of benzene rings is 1. The molecule has 1 fully saturated rings. The summed E-state index contributed by atoms with van der Waals surface area (Å²) in [4.78, 5) is 13.6. The van der Waals surface area contributed by atoms with Crippen LogP contribution in [0.2, 0.25) is 39.3 Å². The Balaban J connectivity index is 2.12. The van der Waals surface area contributed by atoms with E-state index in [4.69, 9.17) is 8.85 Å². The van der Waals surface area contributed by atoms with Crippen molar-refractivity contribution in [3.8, 4) is 0 Å². The largest absolute Gasteiger partial charge is 0.519 e. The van der Waals surface area contributed by atoms with Gasteiger partial charge in [0, 0.05) is 0 Å². The number of carbonyl (C=O) groups is 1. The van der Waals surface area contributed by atoms with Crippen LogP contribution in [0.3, 0.4) is 0 Å². The highest BCUT2D eigenvalue weighted by atomic mass is 28.4. The fraction of sp³-hybridized carbons (Fsp3) is 0.731. The maximum atomic E-state index is 13.6. The van der Waals surface area contributed by atoms with Gasteiger partial charge < -0.3 is 8.85 Å². The molecule has 1 saturated carbocycles. The first-order valence-corrected chi connectivity index (χ1v) is 18.9. The molecule has 3 rings (SSSR count). The van der Waals surface area contributed by atoms with Gasteiger partial charge in [-0.25, -0.2) is 0 Å². The smallest absolute Gasteiger partial charge is 0.298 e. The molecule has 2 aliphatic carbocycles. The van der Waals surface area contributed by atoms with E-state index in [1.807, 2.05) is 0 Å². The topological polar surface area (TPSA) is 35.5 Å². The minimum atomic E-state index is -1.95. The molecule has 31 heavy (non-hydrogen) atoms. The molecule has 0 bridgehead atoms.